The fourth-order valence-electron chi connectivity index (χ4n) is 3.95. The fourth-order valence-corrected chi connectivity index (χ4v) is 4.20. The largest absolute Gasteiger partial charge is 0.339 e. The number of H-pyrrole nitrogens is 1. The first-order chi connectivity index (χ1) is 15.2. The molecule has 0 saturated heterocycles. The van der Waals surface area contributed by atoms with Gasteiger partial charge < -0.3 is 4.57 Å². The van der Waals surface area contributed by atoms with Gasteiger partial charge in [0.25, 0.3) is 0 Å². The monoisotopic (exact) mass is 464 g/mol. The SMILES string of the molecule is CCc1cc2c(cn1)c(Cl)c(C)n2Cc1ccc(-c2ccccc2-c2nn[nH]n2)cc1.Cl. The predicted octanol–water partition coefficient (Wildman–Crippen LogP) is 5.88. The molecule has 0 spiro atoms. The highest BCUT2D eigenvalue weighted by Crippen LogP contribution is 2.32. The second-order valence-electron chi connectivity index (χ2n) is 7.51. The number of halogens is 2. The number of tetrazole rings is 1. The Hall–Kier alpha value is -3.22. The number of aryl methyl sites for hydroxylation is 1. The molecule has 5 rings (SSSR count). The first-order valence-corrected chi connectivity index (χ1v) is 10.6. The van der Waals surface area contributed by atoms with Gasteiger partial charge in [-0.25, -0.2) is 0 Å². The summed E-state index contributed by atoms with van der Waals surface area (Å²) < 4.78 is 2.26. The molecule has 0 radical (unpaired) electrons. The molecule has 0 aliphatic heterocycles. The van der Waals surface area contributed by atoms with E-state index in [0.717, 1.165) is 57.0 Å². The normalized spacial score (nSPS) is 11.0. The van der Waals surface area contributed by atoms with Crippen molar-refractivity contribution in [1.29, 1.82) is 0 Å². The lowest BCUT2D eigenvalue weighted by molar-refractivity contribution is 0.804. The quantitative estimate of drug-likeness (QED) is 0.352. The number of pyridine rings is 1. The molecule has 5 aromatic rings. The molecule has 0 fully saturated rings. The Morgan fingerprint density at radius 3 is 2.47 bits per heavy atom. The number of hydrogen-bond donors (Lipinski definition) is 1. The Bertz CT molecular complexity index is 1360. The average Bonchev–Trinajstić information content (AvgIpc) is 3.43. The number of aromatic amines is 1. The highest BCUT2D eigenvalue weighted by molar-refractivity contribution is 6.36. The first-order valence-electron chi connectivity index (χ1n) is 10.2. The molecule has 2 aromatic carbocycles. The van der Waals surface area contributed by atoms with Crippen LogP contribution in [-0.2, 0) is 13.0 Å². The molecule has 3 aromatic heterocycles. The second kappa shape index (κ2) is 9.10. The van der Waals surface area contributed by atoms with Gasteiger partial charge in [-0.1, -0.05) is 67.1 Å². The van der Waals surface area contributed by atoms with Crippen LogP contribution in [0.5, 0.6) is 0 Å². The highest BCUT2D eigenvalue weighted by Gasteiger charge is 2.15. The Labute approximate surface area is 197 Å². The van der Waals surface area contributed by atoms with Crippen LogP contribution in [0.2, 0.25) is 5.02 Å². The van der Waals surface area contributed by atoms with E-state index in [1.165, 1.54) is 5.56 Å². The summed E-state index contributed by atoms with van der Waals surface area (Å²) in [6.07, 6.45) is 2.78. The summed E-state index contributed by atoms with van der Waals surface area (Å²) in [5, 5.41) is 16.3. The van der Waals surface area contributed by atoms with Crippen molar-refractivity contribution in [1.82, 2.24) is 30.2 Å². The molecule has 0 aliphatic carbocycles. The molecular formula is C24H22Cl2N6. The number of aromatic nitrogens is 6. The molecule has 0 amide bonds. The van der Waals surface area contributed by atoms with Crippen molar-refractivity contribution in [2.24, 2.45) is 0 Å². The standard InChI is InChI=1S/C24H21ClN6.ClH/c1-3-18-12-22-21(13-26-18)23(25)15(2)31(22)14-16-8-10-17(11-9-16)19-6-4-5-7-20(19)24-27-29-30-28-24;/h4-13H,3,14H2,1-2H3,(H,27,28,29,30);1H. The van der Waals surface area contributed by atoms with Crippen molar-refractivity contribution >= 4 is 34.9 Å². The maximum atomic E-state index is 6.60. The van der Waals surface area contributed by atoms with Gasteiger partial charge in [-0.2, -0.15) is 5.21 Å². The van der Waals surface area contributed by atoms with E-state index in [4.69, 9.17) is 11.6 Å². The molecule has 32 heavy (non-hydrogen) atoms. The Morgan fingerprint density at radius 2 is 1.78 bits per heavy atom. The van der Waals surface area contributed by atoms with E-state index in [0.29, 0.717) is 5.82 Å². The van der Waals surface area contributed by atoms with Crippen LogP contribution in [0.1, 0.15) is 23.9 Å². The molecule has 0 bridgehead atoms. The number of nitrogens with one attached hydrogen (secondary N) is 1. The van der Waals surface area contributed by atoms with Gasteiger partial charge in [-0.05, 0) is 41.3 Å². The number of nitrogens with zero attached hydrogens (tertiary/aromatic N) is 5. The van der Waals surface area contributed by atoms with Crippen LogP contribution in [0.4, 0.5) is 0 Å². The lowest BCUT2D eigenvalue weighted by Crippen LogP contribution is -2.02. The minimum absolute atomic E-state index is 0. The predicted molar refractivity (Wildman–Crippen MR) is 130 cm³/mol. The molecule has 1 N–H and O–H groups in total. The summed E-state index contributed by atoms with van der Waals surface area (Å²) in [6, 6.07) is 18.8. The summed E-state index contributed by atoms with van der Waals surface area (Å²) in [4.78, 5) is 4.51. The van der Waals surface area contributed by atoms with Crippen molar-refractivity contribution in [3.8, 4) is 22.5 Å². The third-order valence-corrected chi connectivity index (χ3v) is 6.15. The van der Waals surface area contributed by atoms with Gasteiger partial charge in [-0.3, -0.25) is 4.98 Å². The molecule has 0 unspecified atom stereocenters. The van der Waals surface area contributed by atoms with Crippen molar-refractivity contribution in [3.63, 3.8) is 0 Å². The van der Waals surface area contributed by atoms with Crippen LogP contribution in [0.15, 0.2) is 60.8 Å². The Balaban J connectivity index is 0.00000245. The zero-order chi connectivity index (χ0) is 21.4. The van der Waals surface area contributed by atoms with E-state index in [2.05, 4.69) is 80.4 Å². The number of hydrogen-bond acceptors (Lipinski definition) is 4. The lowest BCUT2D eigenvalue weighted by Gasteiger charge is -2.11. The van der Waals surface area contributed by atoms with E-state index in [1.807, 2.05) is 24.4 Å². The van der Waals surface area contributed by atoms with Crippen LogP contribution >= 0.6 is 24.0 Å². The van der Waals surface area contributed by atoms with Gasteiger partial charge in [0.05, 0.1) is 10.5 Å². The van der Waals surface area contributed by atoms with Gasteiger partial charge in [0.2, 0.25) is 5.82 Å². The van der Waals surface area contributed by atoms with Crippen LogP contribution in [0.3, 0.4) is 0 Å². The molecule has 6 nitrogen and oxygen atoms in total. The van der Waals surface area contributed by atoms with Crippen LogP contribution in [0.25, 0.3) is 33.4 Å². The summed E-state index contributed by atoms with van der Waals surface area (Å²) in [5.74, 6) is 0.587. The minimum Gasteiger partial charge on any atom is -0.339 e. The van der Waals surface area contributed by atoms with Crippen LogP contribution in [0, 0.1) is 6.92 Å². The van der Waals surface area contributed by atoms with E-state index >= 15 is 0 Å². The van der Waals surface area contributed by atoms with Crippen molar-refractivity contribution < 1.29 is 0 Å². The third kappa shape index (κ3) is 3.87. The molecule has 8 heteroatoms. The van der Waals surface area contributed by atoms with Crippen molar-refractivity contribution in [2.45, 2.75) is 26.8 Å². The number of rotatable bonds is 5. The molecule has 3 heterocycles. The minimum atomic E-state index is 0. The molecule has 0 atom stereocenters. The molecule has 162 valence electrons. The Kier molecular flexibility index (Phi) is 6.26. The van der Waals surface area contributed by atoms with E-state index < -0.39 is 0 Å². The smallest absolute Gasteiger partial charge is 0.205 e. The zero-order valence-electron chi connectivity index (χ0n) is 17.7. The summed E-state index contributed by atoms with van der Waals surface area (Å²) in [7, 11) is 0. The van der Waals surface area contributed by atoms with Gasteiger partial charge in [0, 0.05) is 35.1 Å². The fraction of sp³-hybridized carbons (Fsp3) is 0.167. The topological polar surface area (TPSA) is 72.3 Å². The number of fused-ring (bicyclic) bond motifs is 1. The van der Waals surface area contributed by atoms with Gasteiger partial charge >= 0.3 is 0 Å². The lowest BCUT2D eigenvalue weighted by atomic mass is 9.98. The van der Waals surface area contributed by atoms with Gasteiger partial charge in [0.1, 0.15) is 0 Å². The zero-order valence-corrected chi connectivity index (χ0v) is 19.3. The Morgan fingerprint density at radius 1 is 1.03 bits per heavy atom. The average molecular weight is 465 g/mol. The number of benzene rings is 2. The maximum Gasteiger partial charge on any atom is 0.205 e. The van der Waals surface area contributed by atoms with Gasteiger partial charge in [0.15, 0.2) is 0 Å². The van der Waals surface area contributed by atoms with Crippen molar-refractivity contribution in [2.75, 3.05) is 0 Å². The maximum absolute atomic E-state index is 6.60. The molecular weight excluding hydrogens is 443 g/mol. The summed E-state index contributed by atoms with van der Waals surface area (Å²) in [5.41, 5.74) is 7.57. The van der Waals surface area contributed by atoms with E-state index in [-0.39, 0.29) is 12.4 Å². The first kappa shape index (κ1) is 22.0. The molecule has 0 aliphatic rings. The van der Waals surface area contributed by atoms with Gasteiger partial charge in [-0.15, -0.1) is 22.6 Å². The van der Waals surface area contributed by atoms with E-state index in [9.17, 15) is 0 Å². The third-order valence-electron chi connectivity index (χ3n) is 5.67. The van der Waals surface area contributed by atoms with Crippen LogP contribution in [-0.4, -0.2) is 30.2 Å². The second-order valence-corrected chi connectivity index (χ2v) is 7.89. The highest BCUT2D eigenvalue weighted by atomic mass is 35.5. The van der Waals surface area contributed by atoms with Crippen molar-refractivity contribution in [3.05, 3.63) is 82.8 Å². The van der Waals surface area contributed by atoms with E-state index in [1.54, 1.807) is 0 Å². The molecule has 0 saturated carbocycles. The summed E-state index contributed by atoms with van der Waals surface area (Å²) >= 11 is 6.60. The van der Waals surface area contributed by atoms with Crippen LogP contribution < -0.4 is 0 Å². The summed E-state index contributed by atoms with van der Waals surface area (Å²) in [6.45, 7) is 4.92.